The number of amides is 6. The van der Waals surface area contributed by atoms with Gasteiger partial charge in [-0.3, -0.25) is 33.6 Å². The lowest BCUT2D eigenvalue weighted by molar-refractivity contribution is -0.143. The van der Waals surface area contributed by atoms with Crippen molar-refractivity contribution in [2.24, 2.45) is 13.0 Å². The van der Waals surface area contributed by atoms with Crippen molar-refractivity contribution in [1.29, 1.82) is 0 Å². The summed E-state index contributed by atoms with van der Waals surface area (Å²) in [6, 6.07) is 6.05. The topological polar surface area (TPSA) is 188 Å². The minimum absolute atomic E-state index is 0.0429. The Morgan fingerprint density at radius 3 is 2.31 bits per heavy atom. The van der Waals surface area contributed by atoms with Crippen LogP contribution in [0.1, 0.15) is 62.0 Å². The molecule has 2 aliphatic rings. The first kappa shape index (κ1) is 37.2. The summed E-state index contributed by atoms with van der Waals surface area (Å²) in [6.45, 7) is 4.99. The van der Waals surface area contributed by atoms with Gasteiger partial charge in [-0.05, 0) is 49.3 Å². The largest absolute Gasteiger partial charge is 0.347 e. The van der Waals surface area contributed by atoms with E-state index in [9.17, 15) is 33.6 Å². The van der Waals surface area contributed by atoms with E-state index >= 15 is 0 Å². The van der Waals surface area contributed by atoms with Crippen molar-refractivity contribution in [3.05, 3.63) is 70.1 Å². The Morgan fingerprint density at radius 1 is 0.939 bits per heavy atom. The van der Waals surface area contributed by atoms with Crippen LogP contribution in [0.5, 0.6) is 0 Å². The first-order valence-corrected chi connectivity index (χ1v) is 17.7. The second-order valence-corrected chi connectivity index (χ2v) is 13.8. The Hall–Kier alpha value is -4.66. The van der Waals surface area contributed by atoms with Gasteiger partial charge in [-0.25, -0.2) is 0 Å². The molecular weight excluding hydrogens is 650 g/mol. The van der Waals surface area contributed by atoms with Gasteiger partial charge < -0.3 is 36.1 Å². The van der Waals surface area contributed by atoms with Crippen LogP contribution in [0.15, 0.2) is 53.5 Å². The van der Waals surface area contributed by atoms with Crippen LogP contribution in [0.3, 0.4) is 0 Å². The van der Waals surface area contributed by atoms with Gasteiger partial charge in [-0.15, -0.1) is 0 Å². The van der Waals surface area contributed by atoms with Gasteiger partial charge in [0, 0.05) is 31.9 Å². The summed E-state index contributed by atoms with van der Waals surface area (Å²) in [4.78, 5) is 94.8. The number of thioether (sulfide) groups is 1. The fraction of sp³-hybridized carbons (Fsp3) is 0.500. The standard InChI is InChI=1S/C34H45N7O7S/c1-19(2)29-34(48)41-18-23(36-31(45)22-11-12-28(43)40(4)17-22)15-26(41)33(47)35-20(3)30(44)38-25(21-9-7-6-8-10-21)16-27(42)37-24(13-14-49-5)32(46)39-29/h6-12,17,19-20,23-26,29H,13-16,18H2,1-5H3,(H,35,47)(H,36,45)(H,37,42)(H,38,44)(H,39,46)/t20-,23-,24-,25-,26-,29-/m0/s1. The predicted molar refractivity (Wildman–Crippen MR) is 184 cm³/mol. The van der Waals surface area contributed by atoms with Crippen LogP contribution < -0.4 is 32.1 Å². The number of aromatic nitrogens is 1. The number of carbonyl (C=O) groups excluding carboxylic acids is 6. The van der Waals surface area contributed by atoms with E-state index in [1.54, 1.807) is 38.1 Å². The van der Waals surface area contributed by atoms with E-state index in [0.29, 0.717) is 17.7 Å². The van der Waals surface area contributed by atoms with E-state index in [2.05, 4.69) is 26.6 Å². The Labute approximate surface area is 289 Å². The summed E-state index contributed by atoms with van der Waals surface area (Å²) in [5.41, 5.74) is 0.606. The number of aryl methyl sites for hydroxylation is 1. The molecule has 1 aromatic heterocycles. The molecule has 14 nitrogen and oxygen atoms in total. The molecule has 5 N–H and O–H groups in total. The van der Waals surface area contributed by atoms with Gasteiger partial charge >= 0.3 is 0 Å². The molecule has 6 atom stereocenters. The number of nitrogens with one attached hydrogen (secondary N) is 5. The predicted octanol–water partition coefficient (Wildman–Crippen LogP) is 0.229. The van der Waals surface area contributed by atoms with Crippen LogP contribution in [0.2, 0.25) is 0 Å². The molecule has 15 heteroatoms. The third-order valence-electron chi connectivity index (χ3n) is 8.72. The minimum Gasteiger partial charge on any atom is -0.347 e. The Kier molecular flexibility index (Phi) is 12.6. The molecule has 2 saturated heterocycles. The highest BCUT2D eigenvalue weighted by Crippen LogP contribution is 2.23. The van der Waals surface area contributed by atoms with Gasteiger partial charge in [0.25, 0.3) is 5.91 Å². The van der Waals surface area contributed by atoms with Crippen LogP contribution >= 0.6 is 11.8 Å². The minimum atomic E-state index is -1.07. The Balaban J connectivity index is 1.68. The third kappa shape index (κ3) is 9.49. The highest BCUT2D eigenvalue weighted by molar-refractivity contribution is 7.98. The highest BCUT2D eigenvalue weighted by Gasteiger charge is 2.44. The zero-order valence-corrected chi connectivity index (χ0v) is 29.2. The Morgan fingerprint density at radius 2 is 1.65 bits per heavy atom. The van der Waals surface area contributed by atoms with Crippen LogP contribution in [0.4, 0.5) is 0 Å². The van der Waals surface area contributed by atoms with E-state index in [1.165, 1.54) is 53.5 Å². The molecule has 0 radical (unpaired) electrons. The fourth-order valence-electron chi connectivity index (χ4n) is 5.93. The summed E-state index contributed by atoms with van der Waals surface area (Å²) in [5, 5.41) is 14.1. The lowest BCUT2D eigenvalue weighted by Gasteiger charge is -2.32. The maximum atomic E-state index is 14.2. The average molecular weight is 696 g/mol. The third-order valence-corrected chi connectivity index (χ3v) is 9.37. The van der Waals surface area contributed by atoms with Gasteiger partial charge in [-0.1, -0.05) is 44.2 Å². The summed E-state index contributed by atoms with van der Waals surface area (Å²) < 4.78 is 1.27. The average Bonchev–Trinajstić information content (AvgIpc) is 3.49. The molecule has 0 spiro atoms. The fourth-order valence-corrected chi connectivity index (χ4v) is 6.40. The number of rotatable bonds is 7. The van der Waals surface area contributed by atoms with Crippen LogP contribution in [-0.4, -0.2) is 93.7 Å². The first-order valence-electron chi connectivity index (χ1n) is 16.3. The highest BCUT2D eigenvalue weighted by atomic mass is 32.2. The van der Waals surface area contributed by atoms with E-state index in [4.69, 9.17) is 0 Å². The molecule has 49 heavy (non-hydrogen) atoms. The van der Waals surface area contributed by atoms with Crippen molar-refractivity contribution >= 4 is 47.2 Å². The zero-order chi connectivity index (χ0) is 35.8. The van der Waals surface area contributed by atoms with Crippen LogP contribution in [0.25, 0.3) is 0 Å². The van der Waals surface area contributed by atoms with Gasteiger partial charge in [0.1, 0.15) is 24.2 Å². The summed E-state index contributed by atoms with van der Waals surface area (Å²) >= 11 is 1.50. The molecule has 264 valence electrons. The maximum Gasteiger partial charge on any atom is 0.253 e. The number of benzene rings is 1. The summed E-state index contributed by atoms with van der Waals surface area (Å²) in [6.07, 6.45) is 3.45. The molecule has 2 aliphatic heterocycles. The number of pyridine rings is 1. The summed E-state index contributed by atoms with van der Waals surface area (Å²) in [5.74, 6) is -3.04. The lowest BCUT2D eigenvalue weighted by atomic mass is 10.0. The van der Waals surface area contributed by atoms with E-state index < -0.39 is 77.6 Å². The number of fused-ring (bicyclic) bond motifs is 1. The van der Waals surface area contributed by atoms with E-state index in [0.717, 1.165) is 0 Å². The molecule has 2 fully saturated rings. The number of hydrogen-bond acceptors (Lipinski definition) is 8. The summed E-state index contributed by atoms with van der Waals surface area (Å²) in [7, 11) is 1.52. The number of carbonyl (C=O) groups is 6. The molecule has 2 aromatic rings. The van der Waals surface area contributed by atoms with Gasteiger partial charge in [-0.2, -0.15) is 11.8 Å². The quantitative estimate of drug-likeness (QED) is 0.272. The molecule has 1 aromatic carbocycles. The molecule has 0 unspecified atom stereocenters. The van der Waals surface area contributed by atoms with Crippen LogP contribution in [0, 0.1) is 5.92 Å². The molecule has 6 amide bonds. The SMILES string of the molecule is CSCC[C@@H]1NC(=O)C[C@@H](c2ccccc2)NC(=O)[C@H](C)NC(=O)[C@@H]2C[C@H](NC(=O)c3ccc(=O)n(C)c3)CN2C(=O)[C@H](C(C)C)NC1=O. The number of hydrogen-bond donors (Lipinski definition) is 5. The molecule has 4 rings (SSSR count). The molecule has 0 saturated carbocycles. The van der Waals surface area contributed by atoms with Crippen molar-refractivity contribution in [3.63, 3.8) is 0 Å². The van der Waals surface area contributed by atoms with Gasteiger partial charge in [0.15, 0.2) is 0 Å². The van der Waals surface area contributed by atoms with Crippen molar-refractivity contribution in [3.8, 4) is 0 Å². The normalized spacial score (nSPS) is 25.6. The first-order chi connectivity index (χ1) is 23.3. The maximum absolute atomic E-state index is 14.2. The van der Waals surface area contributed by atoms with Crippen molar-refractivity contribution in [1.82, 2.24) is 36.1 Å². The second-order valence-electron chi connectivity index (χ2n) is 12.8. The molecular formula is C34H45N7O7S. The smallest absolute Gasteiger partial charge is 0.253 e. The van der Waals surface area contributed by atoms with Crippen molar-refractivity contribution in [2.75, 3.05) is 18.6 Å². The zero-order valence-electron chi connectivity index (χ0n) is 28.4. The number of nitrogens with zero attached hydrogens (tertiary/aromatic N) is 2. The van der Waals surface area contributed by atoms with Gasteiger partial charge in [0.05, 0.1) is 18.0 Å². The van der Waals surface area contributed by atoms with Crippen molar-refractivity contribution in [2.45, 2.75) is 76.3 Å². The van der Waals surface area contributed by atoms with Crippen LogP contribution in [-0.2, 0) is 31.0 Å². The monoisotopic (exact) mass is 695 g/mol. The van der Waals surface area contributed by atoms with E-state index in [1.807, 2.05) is 12.3 Å². The Bertz CT molecular complexity index is 1620. The van der Waals surface area contributed by atoms with E-state index in [-0.39, 0.29) is 30.5 Å². The molecule has 0 aliphatic carbocycles. The second kappa shape index (κ2) is 16.6. The van der Waals surface area contributed by atoms with Crippen molar-refractivity contribution < 1.29 is 28.8 Å². The molecule has 3 heterocycles. The lowest BCUT2D eigenvalue weighted by Crippen LogP contribution is -2.59. The van der Waals surface area contributed by atoms with Gasteiger partial charge in [0.2, 0.25) is 35.1 Å². The molecule has 0 bridgehead atoms.